The highest BCUT2D eigenvalue weighted by Crippen LogP contribution is 2.46. The number of aliphatic imine (C=N–C) groups is 1. The van der Waals surface area contributed by atoms with Gasteiger partial charge >= 0.3 is 0 Å². The minimum Gasteiger partial charge on any atom is -0.506 e. The largest absolute Gasteiger partial charge is 0.506 e. The molecule has 1 aliphatic heterocycles. The summed E-state index contributed by atoms with van der Waals surface area (Å²) >= 11 is 3.18. The van der Waals surface area contributed by atoms with Gasteiger partial charge in [0.2, 0.25) is 12.9 Å². The van der Waals surface area contributed by atoms with Gasteiger partial charge in [-0.05, 0) is 22.0 Å². The summed E-state index contributed by atoms with van der Waals surface area (Å²) < 4.78 is 10.7. The van der Waals surface area contributed by atoms with E-state index in [4.69, 9.17) is 9.47 Å². The highest BCUT2D eigenvalue weighted by atomic mass is 79.9. The maximum atomic E-state index is 9.97. The van der Waals surface area contributed by atoms with E-state index in [0.717, 1.165) is 0 Å². The van der Waals surface area contributed by atoms with Crippen molar-refractivity contribution in [2.24, 2.45) is 4.99 Å². The van der Waals surface area contributed by atoms with Gasteiger partial charge in [-0.25, -0.2) is 9.79 Å². The minimum atomic E-state index is -0.00162. The molecule has 1 aromatic carbocycles. The minimum absolute atomic E-state index is 0.00162. The van der Waals surface area contributed by atoms with E-state index in [1.54, 1.807) is 6.07 Å². The van der Waals surface area contributed by atoms with Gasteiger partial charge in [0.25, 0.3) is 0 Å². The molecule has 0 fully saturated rings. The fourth-order valence-electron chi connectivity index (χ4n) is 1.28. The van der Waals surface area contributed by atoms with Crippen molar-refractivity contribution in [3.05, 3.63) is 16.1 Å². The first-order valence-electron chi connectivity index (χ1n) is 4.07. The van der Waals surface area contributed by atoms with Gasteiger partial charge in [0.05, 0.1) is 6.54 Å². The number of hydrogen-bond donors (Lipinski definition) is 1. The van der Waals surface area contributed by atoms with E-state index < -0.39 is 0 Å². The van der Waals surface area contributed by atoms with Crippen LogP contribution in [0.4, 0.5) is 0 Å². The predicted molar refractivity (Wildman–Crippen MR) is 53.8 cm³/mol. The van der Waals surface area contributed by atoms with Gasteiger partial charge in [0.15, 0.2) is 11.5 Å². The van der Waals surface area contributed by atoms with E-state index in [-0.39, 0.29) is 19.1 Å². The smallest absolute Gasteiger partial charge is 0.235 e. The zero-order valence-corrected chi connectivity index (χ0v) is 9.07. The lowest BCUT2D eigenvalue weighted by atomic mass is 10.2. The van der Waals surface area contributed by atoms with Crippen LogP contribution >= 0.6 is 15.9 Å². The van der Waals surface area contributed by atoms with E-state index in [0.29, 0.717) is 21.5 Å². The van der Waals surface area contributed by atoms with Crippen molar-refractivity contribution in [3.8, 4) is 17.2 Å². The second kappa shape index (κ2) is 3.92. The Hall–Kier alpha value is -1.52. The van der Waals surface area contributed by atoms with Crippen LogP contribution in [-0.2, 0) is 11.3 Å². The number of phenols is 1. The van der Waals surface area contributed by atoms with E-state index in [1.807, 2.05) is 0 Å². The average Bonchev–Trinajstić information content (AvgIpc) is 2.69. The number of phenolic OH excluding ortho intramolecular Hbond substituents is 1. The first kappa shape index (κ1) is 10.0. The number of aromatic hydroxyl groups is 1. The number of nitrogens with zero attached hydrogens (tertiary/aromatic N) is 1. The Labute approximate surface area is 93.5 Å². The summed E-state index contributed by atoms with van der Waals surface area (Å²) in [6.07, 6.45) is 1.41. The Morgan fingerprint density at radius 1 is 1.60 bits per heavy atom. The zero-order valence-electron chi connectivity index (χ0n) is 7.49. The third-order valence-corrected chi connectivity index (χ3v) is 2.71. The van der Waals surface area contributed by atoms with E-state index in [1.165, 1.54) is 6.08 Å². The fourth-order valence-corrected chi connectivity index (χ4v) is 1.84. The Bertz CT molecular complexity index is 454. The molecule has 0 unspecified atom stereocenters. The molecule has 1 heterocycles. The molecule has 78 valence electrons. The van der Waals surface area contributed by atoms with E-state index in [9.17, 15) is 9.90 Å². The van der Waals surface area contributed by atoms with Gasteiger partial charge in [-0.2, -0.15) is 0 Å². The maximum absolute atomic E-state index is 9.97. The predicted octanol–water partition coefficient (Wildman–Crippen LogP) is 1.72. The molecule has 0 aliphatic carbocycles. The SMILES string of the molecule is O=C=NCc1cc2c(c(Br)c1O)OCO2. The highest BCUT2D eigenvalue weighted by Gasteiger charge is 2.22. The molecule has 0 amide bonds. The van der Waals surface area contributed by atoms with E-state index in [2.05, 4.69) is 20.9 Å². The maximum Gasteiger partial charge on any atom is 0.235 e. The molecule has 2 rings (SSSR count). The van der Waals surface area contributed by atoms with Gasteiger partial charge in [-0.15, -0.1) is 0 Å². The lowest BCUT2D eigenvalue weighted by Crippen LogP contribution is -1.93. The second-order valence-corrected chi connectivity index (χ2v) is 3.63. The molecule has 5 nitrogen and oxygen atoms in total. The van der Waals surface area contributed by atoms with Crippen molar-refractivity contribution < 1.29 is 19.4 Å². The Kier molecular flexibility index (Phi) is 2.62. The van der Waals surface area contributed by atoms with Crippen LogP contribution < -0.4 is 9.47 Å². The number of carbonyl (C=O) groups excluding carboxylic acids is 1. The quantitative estimate of drug-likeness (QED) is 0.657. The summed E-state index contributed by atoms with van der Waals surface area (Å²) in [7, 11) is 0. The average molecular weight is 272 g/mol. The third kappa shape index (κ3) is 1.69. The first-order chi connectivity index (χ1) is 7.24. The fraction of sp³-hybridized carbons (Fsp3) is 0.222. The summed E-state index contributed by atoms with van der Waals surface area (Å²) in [4.78, 5) is 13.4. The van der Waals surface area contributed by atoms with Crippen molar-refractivity contribution in [1.82, 2.24) is 0 Å². The van der Waals surface area contributed by atoms with Crippen LogP contribution in [0, 0.1) is 0 Å². The molecule has 0 bridgehead atoms. The third-order valence-electron chi connectivity index (χ3n) is 1.97. The van der Waals surface area contributed by atoms with Gasteiger partial charge in [0, 0.05) is 5.56 Å². The van der Waals surface area contributed by atoms with Crippen LogP contribution in [0.1, 0.15) is 5.56 Å². The summed E-state index contributed by atoms with van der Waals surface area (Å²) in [5, 5.41) is 9.72. The van der Waals surface area contributed by atoms with Gasteiger partial charge in [-0.1, -0.05) is 0 Å². The molecular weight excluding hydrogens is 266 g/mol. The number of hydrogen-bond acceptors (Lipinski definition) is 5. The van der Waals surface area contributed by atoms with Crippen molar-refractivity contribution in [2.45, 2.75) is 6.54 Å². The highest BCUT2D eigenvalue weighted by molar-refractivity contribution is 9.10. The van der Waals surface area contributed by atoms with Crippen LogP contribution in [0.25, 0.3) is 0 Å². The molecule has 1 aromatic rings. The van der Waals surface area contributed by atoms with Crippen LogP contribution in [0.5, 0.6) is 17.2 Å². The second-order valence-electron chi connectivity index (χ2n) is 2.84. The number of ether oxygens (including phenoxy) is 2. The Balaban J connectivity index is 2.48. The van der Waals surface area contributed by atoms with Crippen molar-refractivity contribution >= 4 is 22.0 Å². The molecule has 1 aliphatic rings. The molecule has 6 heteroatoms. The lowest BCUT2D eigenvalue weighted by molar-refractivity contribution is 0.173. The lowest BCUT2D eigenvalue weighted by Gasteiger charge is -2.06. The van der Waals surface area contributed by atoms with Gasteiger partial charge < -0.3 is 14.6 Å². The topological polar surface area (TPSA) is 68.1 Å². The standard InChI is InChI=1S/C9H6BrNO4/c10-7-8(13)5(2-11-3-12)1-6-9(7)15-4-14-6/h1,13H,2,4H2. The van der Waals surface area contributed by atoms with Crippen molar-refractivity contribution in [1.29, 1.82) is 0 Å². The molecule has 0 atom stereocenters. The number of halogens is 1. The van der Waals surface area contributed by atoms with Crippen LogP contribution in [0.3, 0.4) is 0 Å². The normalized spacial score (nSPS) is 12.3. The number of benzene rings is 1. The summed E-state index contributed by atoms with van der Waals surface area (Å²) in [6.45, 7) is 0.179. The molecule has 0 aromatic heterocycles. The van der Waals surface area contributed by atoms with Crippen molar-refractivity contribution in [2.75, 3.05) is 6.79 Å². The molecule has 1 N–H and O–H groups in total. The monoisotopic (exact) mass is 271 g/mol. The molecule has 0 saturated heterocycles. The van der Waals surface area contributed by atoms with Gasteiger partial charge in [0.1, 0.15) is 10.2 Å². The zero-order chi connectivity index (χ0) is 10.8. The van der Waals surface area contributed by atoms with E-state index >= 15 is 0 Å². The number of rotatable bonds is 2. The summed E-state index contributed by atoms with van der Waals surface area (Å²) in [5.74, 6) is 0.986. The van der Waals surface area contributed by atoms with Crippen LogP contribution in [0.2, 0.25) is 0 Å². The van der Waals surface area contributed by atoms with Crippen LogP contribution in [0.15, 0.2) is 15.5 Å². The number of isocyanates is 1. The molecule has 15 heavy (non-hydrogen) atoms. The number of fused-ring (bicyclic) bond motifs is 1. The molecular formula is C9H6BrNO4. The van der Waals surface area contributed by atoms with Gasteiger partial charge in [-0.3, -0.25) is 0 Å². The Morgan fingerprint density at radius 3 is 3.13 bits per heavy atom. The Morgan fingerprint density at radius 2 is 2.40 bits per heavy atom. The summed E-state index contributed by atoms with van der Waals surface area (Å²) in [6, 6.07) is 1.59. The molecule has 0 saturated carbocycles. The summed E-state index contributed by atoms with van der Waals surface area (Å²) in [5.41, 5.74) is 0.481. The van der Waals surface area contributed by atoms with Crippen molar-refractivity contribution in [3.63, 3.8) is 0 Å². The first-order valence-corrected chi connectivity index (χ1v) is 4.87. The molecule has 0 radical (unpaired) electrons. The van der Waals surface area contributed by atoms with Crippen LogP contribution in [-0.4, -0.2) is 18.0 Å². The molecule has 0 spiro atoms.